The van der Waals surface area contributed by atoms with Crippen LogP contribution >= 0.6 is 11.8 Å². The number of aliphatic carboxylic acids is 1. The van der Waals surface area contributed by atoms with Gasteiger partial charge in [-0.3, -0.25) is 9.59 Å². The number of carbonyl (C=O) groups is 2. The molecule has 74 valence electrons. The van der Waals surface area contributed by atoms with Crippen LogP contribution in [0, 0.1) is 0 Å². The van der Waals surface area contributed by atoms with E-state index in [2.05, 4.69) is 0 Å². The Kier molecular flexibility index (Phi) is 3.19. The first-order valence-corrected chi connectivity index (χ1v) is 5.06. The van der Waals surface area contributed by atoms with Crippen LogP contribution in [0.2, 0.25) is 0 Å². The van der Waals surface area contributed by atoms with Crippen molar-refractivity contribution in [3.8, 4) is 0 Å². The Hall–Kier alpha value is -0.710. The van der Waals surface area contributed by atoms with E-state index in [-0.39, 0.29) is 11.2 Å². The zero-order chi connectivity index (χ0) is 10.0. The molecule has 1 aliphatic rings. The molecule has 0 radical (unpaired) electrons. The summed E-state index contributed by atoms with van der Waals surface area (Å²) in [5.41, 5.74) is 0. The first-order valence-electron chi connectivity index (χ1n) is 4.12. The lowest BCUT2D eigenvalue weighted by Crippen LogP contribution is -2.30. The van der Waals surface area contributed by atoms with Gasteiger partial charge in [-0.25, -0.2) is 0 Å². The predicted molar refractivity (Wildman–Crippen MR) is 50.7 cm³/mol. The van der Waals surface area contributed by atoms with Crippen LogP contribution in [0.3, 0.4) is 0 Å². The summed E-state index contributed by atoms with van der Waals surface area (Å²) in [5.74, 6) is -0.784. The summed E-state index contributed by atoms with van der Waals surface area (Å²) in [7, 11) is 3.38. The smallest absolute Gasteiger partial charge is 0.316 e. The summed E-state index contributed by atoms with van der Waals surface area (Å²) in [6, 6.07) is 0. The van der Waals surface area contributed by atoms with Crippen LogP contribution in [0.4, 0.5) is 0 Å². The fourth-order valence-corrected chi connectivity index (χ4v) is 2.67. The van der Waals surface area contributed by atoms with Gasteiger partial charge in [-0.2, -0.15) is 0 Å². The lowest BCUT2D eigenvalue weighted by Gasteiger charge is -2.14. The van der Waals surface area contributed by atoms with Crippen LogP contribution in [0.25, 0.3) is 0 Å². The third-order valence-electron chi connectivity index (χ3n) is 2.01. The molecule has 2 atom stereocenters. The van der Waals surface area contributed by atoms with Crippen molar-refractivity contribution in [2.45, 2.75) is 23.3 Å². The number of carboxylic acids is 1. The van der Waals surface area contributed by atoms with E-state index in [9.17, 15) is 9.59 Å². The summed E-state index contributed by atoms with van der Waals surface area (Å²) in [6.45, 7) is 0. The van der Waals surface area contributed by atoms with Gasteiger partial charge in [0.1, 0.15) is 5.25 Å². The molecule has 5 heteroatoms. The second-order valence-electron chi connectivity index (χ2n) is 3.26. The van der Waals surface area contributed by atoms with E-state index >= 15 is 0 Å². The highest BCUT2D eigenvalue weighted by atomic mass is 32.2. The molecule has 0 aromatic carbocycles. The van der Waals surface area contributed by atoms with Gasteiger partial charge in [0.25, 0.3) is 0 Å². The summed E-state index contributed by atoms with van der Waals surface area (Å²) in [6.07, 6.45) is 1.28. The second kappa shape index (κ2) is 4.00. The Morgan fingerprint density at radius 1 is 1.31 bits per heavy atom. The number of carboxylic acid groups (broad SMARTS) is 1. The quantitative estimate of drug-likeness (QED) is 0.706. The Bertz CT molecular complexity index is 229. The highest BCUT2D eigenvalue weighted by Gasteiger charge is 2.35. The van der Waals surface area contributed by atoms with Crippen LogP contribution in [0.15, 0.2) is 0 Å². The lowest BCUT2D eigenvalue weighted by atomic mass is 10.2. The molecule has 1 fully saturated rings. The van der Waals surface area contributed by atoms with Crippen molar-refractivity contribution in [2.75, 3.05) is 14.1 Å². The van der Waals surface area contributed by atoms with Crippen LogP contribution in [0.5, 0.6) is 0 Å². The number of amides is 1. The summed E-state index contributed by atoms with van der Waals surface area (Å²) >= 11 is 1.26. The number of rotatable bonds is 2. The van der Waals surface area contributed by atoms with Gasteiger partial charge in [0.05, 0.1) is 5.25 Å². The molecule has 1 saturated heterocycles. The van der Waals surface area contributed by atoms with E-state index in [1.165, 1.54) is 16.7 Å². The minimum Gasteiger partial charge on any atom is -0.480 e. The van der Waals surface area contributed by atoms with Crippen molar-refractivity contribution in [3.63, 3.8) is 0 Å². The monoisotopic (exact) mass is 203 g/mol. The highest BCUT2D eigenvalue weighted by Crippen LogP contribution is 2.34. The Balaban J connectivity index is 2.50. The molecule has 1 aliphatic heterocycles. The largest absolute Gasteiger partial charge is 0.480 e. The first-order chi connectivity index (χ1) is 6.02. The van der Waals surface area contributed by atoms with Gasteiger partial charge in [0.2, 0.25) is 5.91 Å². The molecular formula is C8H13NO3S. The zero-order valence-corrected chi connectivity index (χ0v) is 8.50. The van der Waals surface area contributed by atoms with Crippen molar-refractivity contribution < 1.29 is 14.7 Å². The Labute approximate surface area is 81.3 Å². The maximum Gasteiger partial charge on any atom is 0.316 e. The molecule has 0 bridgehead atoms. The topological polar surface area (TPSA) is 57.6 Å². The minimum absolute atomic E-state index is 0.0220. The summed E-state index contributed by atoms with van der Waals surface area (Å²) in [4.78, 5) is 23.5. The maximum absolute atomic E-state index is 11.4. The maximum atomic E-state index is 11.4. The van der Waals surface area contributed by atoms with E-state index in [1.54, 1.807) is 14.1 Å². The van der Waals surface area contributed by atoms with Gasteiger partial charge in [0, 0.05) is 14.1 Å². The number of nitrogens with zero attached hydrogens (tertiary/aromatic N) is 1. The zero-order valence-electron chi connectivity index (χ0n) is 7.69. The molecule has 0 aromatic rings. The number of hydrogen-bond donors (Lipinski definition) is 1. The molecule has 0 saturated carbocycles. The fraction of sp³-hybridized carbons (Fsp3) is 0.750. The molecule has 1 amide bonds. The molecule has 0 aliphatic carbocycles. The first kappa shape index (κ1) is 10.4. The number of thioether (sulfide) groups is 1. The van der Waals surface area contributed by atoms with E-state index in [0.717, 1.165) is 0 Å². The van der Waals surface area contributed by atoms with E-state index in [4.69, 9.17) is 5.11 Å². The molecule has 1 N–H and O–H groups in total. The summed E-state index contributed by atoms with van der Waals surface area (Å²) in [5, 5.41) is 8.15. The SMILES string of the molecule is CN(C)C(=O)[C@@H]1CC[C@@H](C(=O)O)S1. The van der Waals surface area contributed by atoms with E-state index < -0.39 is 11.2 Å². The van der Waals surface area contributed by atoms with Crippen LogP contribution in [-0.4, -0.2) is 46.5 Å². The third-order valence-corrected chi connectivity index (χ3v) is 3.54. The lowest BCUT2D eigenvalue weighted by molar-refractivity contribution is -0.136. The number of hydrogen-bond acceptors (Lipinski definition) is 3. The van der Waals surface area contributed by atoms with Gasteiger partial charge in [0.15, 0.2) is 0 Å². The van der Waals surface area contributed by atoms with Crippen molar-refractivity contribution in [2.24, 2.45) is 0 Å². The van der Waals surface area contributed by atoms with Crippen molar-refractivity contribution in [1.82, 2.24) is 4.90 Å². The molecule has 4 nitrogen and oxygen atoms in total. The van der Waals surface area contributed by atoms with Gasteiger partial charge in [-0.1, -0.05) is 0 Å². The van der Waals surface area contributed by atoms with Crippen LogP contribution in [0.1, 0.15) is 12.8 Å². The minimum atomic E-state index is -0.806. The van der Waals surface area contributed by atoms with Crippen LogP contribution in [-0.2, 0) is 9.59 Å². The molecule has 1 heterocycles. The predicted octanol–water partition coefficient (Wildman–Crippen LogP) is 0.423. The Morgan fingerprint density at radius 2 is 1.85 bits per heavy atom. The van der Waals surface area contributed by atoms with Gasteiger partial charge in [-0.05, 0) is 12.8 Å². The van der Waals surface area contributed by atoms with Crippen LogP contribution < -0.4 is 0 Å². The van der Waals surface area contributed by atoms with Crippen molar-refractivity contribution >= 4 is 23.6 Å². The molecule has 13 heavy (non-hydrogen) atoms. The average molecular weight is 203 g/mol. The summed E-state index contributed by atoms with van der Waals surface area (Å²) < 4.78 is 0. The Morgan fingerprint density at radius 3 is 2.23 bits per heavy atom. The molecule has 1 rings (SSSR count). The van der Waals surface area contributed by atoms with E-state index in [1.807, 2.05) is 0 Å². The highest BCUT2D eigenvalue weighted by molar-refractivity contribution is 8.02. The van der Waals surface area contributed by atoms with Gasteiger partial charge in [-0.15, -0.1) is 11.8 Å². The van der Waals surface area contributed by atoms with Crippen molar-refractivity contribution in [1.29, 1.82) is 0 Å². The molecule has 0 aromatic heterocycles. The fourth-order valence-electron chi connectivity index (χ4n) is 1.29. The molecule has 0 spiro atoms. The second-order valence-corrected chi connectivity index (χ2v) is 4.67. The van der Waals surface area contributed by atoms with Gasteiger partial charge >= 0.3 is 5.97 Å². The molecule has 0 unspecified atom stereocenters. The van der Waals surface area contributed by atoms with E-state index in [0.29, 0.717) is 12.8 Å². The average Bonchev–Trinajstić information content (AvgIpc) is 2.50. The number of carbonyl (C=O) groups excluding carboxylic acids is 1. The standard InChI is InChI=1S/C8H13NO3S/c1-9(2)7(10)5-3-4-6(13-5)8(11)12/h5-6H,3-4H2,1-2H3,(H,11,12)/t5-,6-/m0/s1. The van der Waals surface area contributed by atoms with Gasteiger partial charge < -0.3 is 10.0 Å². The van der Waals surface area contributed by atoms with Crippen molar-refractivity contribution in [3.05, 3.63) is 0 Å². The normalized spacial score (nSPS) is 27.2. The third kappa shape index (κ3) is 2.37. The molecular weight excluding hydrogens is 190 g/mol.